The molecule has 1 aliphatic heterocycles. The maximum Gasteiger partial charge on any atom is 0.137 e. The number of aryl methyl sites for hydroxylation is 1. The zero-order chi connectivity index (χ0) is 15.8. The van der Waals surface area contributed by atoms with E-state index < -0.39 is 0 Å². The minimum Gasteiger partial charge on any atom is -0.411 e. The van der Waals surface area contributed by atoms with E-state index in [1.807, 2.05) is 25.3 Å². The molecule has 0 saturated heterocycles. The Balaban J connectivity index is 1.78. The van der Waals surface area contributed by atoms with Crippen LogP contribution in [-0.4, -0.2) is 31.6 Å². The van der Waals surface area contributed by atoms with Gasteiger partial charge in [0.25, 0.3) is 0 Å². The van der Waals surface area contributed by atoms with E-state index in [-0.39, 0.29) is 0 Å². The van der Waals surface area contributed by atoms with E-state index in [9.17, 15) is 0 Å². The van der Waals surface area contributed by atoms with Crippen LogP contribution in [0.4, 0.5) is 0 Å². The lowest BCUT2D eigenvalue weighted by Crippen LogP contribution is -2.08. The molecule has 4 rings (SSSR count). The normalized spacial score (nSPS) is 15.8. The van der Waals surface area contributed by atoms with E-state index >= 15 is 0 Å². The van der Waals surface area contributed by atoms with Gasteiger partial charge < -0.3 is 5.21 Å². The van der Waals surface area contributed by atoms with Gasteiger partial charge in [0, 0.05) is 30.1 Å². The highest BCUT2D eigenvalue weighted by molar-refractivity contribution is 8.01. The van der Waals surface area contributed by atoms with Gasteiger partial charge in [0.2, 0.25) is 0 Å². The number of oxime groups is 1. The molecule has 0 aliphatic carbocycles. The SMILES string of the molecule is Cc1nc(-c2cccnc2)sc1-c1nc2c(s1)SCC/C2=N\O. The van der Waals surface area contributed by atoms with Crippen LogP contribution in [0.1, 0.15) is 17.8 Å². The Morgan fingerprint density at radius 3 is 2.91 bits per heavy atom. The summed E-state index contributed by atoms with van der Waals surface area (Å²) >= 11 is 5.04. The number of fused-ring (bicyclic) bond motifs is 1. The molecule has 3 aromatic heterocycles. The smallest absolute Gasteiger partial charge is 0.137 e. The fourth-order valence-corrected chi connectivity index (χ4v) is 5.85. The van der Waals surface area contributed by atoms with Crippen molar-refractivity contribution < 1.29 is 5.21 Å². The van der Waals surface area contributed by atoms with Crippen LogP contribution in [0.15, 0.2) is 33.9 Å². The van der Waals surface area contributed by atoms with Crippen molar-refractivity contribution in [3.63, 3.8) is 0 Å². The Morgan fingerprint density at radius 2 is 2.13 bits per heavy atom. The minimum absolute atomic E-state index is 0.677. The van der Waals surface area contributed by atoms with Crippen LogP contribution in [0, 0.1) is 6.92 Å². The summed E-state index contributed by atoms with van der Waals surface area (Å²) in [5.41, 5.74) is 3.47. The van der Waals surface area contributed by atoms with E-state index in [4.69, 9.17) is 10.2 Å². The van der Waals surface area contributed by atoms with E-state index in [2.05, 4.69) is 15.1 Å². The predicted molar refractivity (Wildman–Crippen MR) is 94.9 cm³/mol. The molecule has 8 heteroatoms. The highest BCUT2D eigenvalue weighted by atomic mass is 32.2. The molecule has 3 aromatic rings. The van der Waals surface area contributed by atoms with Crippen molar-refractivity contribution in [2.75, 3.05) is 5.75 Å². The van der Waals surface area contributed by atoms with Gasteiger partial charge in [-0.05, 0) is 19.1 Å². The molecule has 0 radical (unpaired) electrons. The number of hydrogen-bond acceptors (Lipinski definition) is 8. The standard InChI is InChI=1S/C15H12N4OS3/c1-8-12(22-13(17-8)9-3-2-5-16-7-9)14-18-11-10(19-20)4-6-21-15(11)23-14/h2-3,5,7,20H,4,6H2,1H3/b19-10+. The molecule has 0 aromatic carbocycles. The first-order valence-corrected chi connectivity index (χ1v) is 9.61. The molecule has 5 nitrogen and oxygen atoms in total. The van der Waals surface area contributed by atoms with Crippen molar-refractivity contribution >= 4 is 40.1 Å². The Kier molecular flexibility index (Phi) is 3.88. The fourth-order valence-electron chi connectivity index (χ4n) is 2.35. The summed E-state index contributed by atoms with van der Waals surface area (Å²) < 4.78 is 1.12. The van der Waals surface area contributed by atoms with Crippen molar-refractivity contribution in [3.8, 4) is 20.5 Å². The second-order valence-electron chi connectivity index (χ2n) is 4.98. The molecule has 1 aliphatic rings. The van der Waals surface area contributed by atoms with Crippen LogP contribution >= 0.6 is 34.4 Å². The molecule has 0 saturated carbocycles. The van der Waals surface area contributed by atoms with Gasteiger partial charge in [0.05, 0.1) is 14.8 Å². The molecule has 23 heavy (non-hydrogen) atoms. The maximum absolute atomic E-state index is 9.15. The van der Waals surface area contributed by atoms with Crippen molar-refractivity contribution in [2.24, 2.45) is 5.16 Å². The number of nitrogens with zero attached hydrogens (tertiary/aromatic N) is 4. The molecule has 0 amide bonds. The molecule has 0 bridgehead atoms. The number of hydrogen-bond donors (Lipinski definition) is 1. The number of thioether (sulfide) groups is 1. The predicted octanol–water partition coefficient (Wildman–Crippen LogP) is 4.31. The molecular weight excluding hydrogens is 348 g/mol. The summed E-state index contributed by atoms with van der Waals surface area (Å²) in [6, 6.07) is 3.92. The quantitative estimate of drug-likeness (QED) is 0.544. The highest BCUT2D eigenvalue weighted by Gasteiger charge is 2.24. The summed E-state index contributed by atoms with van der Waals surface area (Å²) in [6.45, 7) is 2.00. The Hall–Kier alpha value is -1.77. The molecule has 0 fully saturated rings. The second-order valence-corrected chi connectivity index (χ2v) is 8.34. The van der Waals surface area contributed by atoms with Gasteiger partial charge in [-0.2, -0.15) is 0 Å². The Labute approximate surface area is 145 Å². The van der Waals surface area contributed by atoms with Crippen molar-refractivity contribution in [3.05, 3.63) is 35.9 Å². The van der Waals surface area contributed by atoms with E-state index in [0.717, 1.165) is 48.2 Å². The van der Waals surface area contributed by atoms with E-state index in [0.29, 0.717) is 5.71 Å². The first kappa shape index (κ1) is 14.8. The molecule has 0 spiro atoms. The molecule has 116 valence electrons. The summed E-state index contributed by atoms with van der Waals surface area (Å²) in [6.07, 6.45) is 4.33. The van der Waals surface area contributed by atoms with E-state index in [1.54, 1.807) is 40.6 Å². The van der Waals surface area contributed by atoms with Crippen LogP contribution in [0.2, 0.25) is 0 Å². The lowest BCUT2D eigenvalue weighted by Gasteiger charge is -2.08. The summed E-state index contributed by atoms with van der Waals surface area (Å²) in [7, 11) is 0. The van der Waals surface area contributed by atoms with Gasteiger partial charge in [0.15, 0.2) is 0 Å². The lowest BCUT2D eigenvalue weighted by molar-refractivity contribution is 0.318. The van der Waals surface area contributed by atoms with Crippen LogP contribution in [0.3, 0.4) is 0 Å². The average Bonchev–Trinajstić information content (AvgIpc) is 3.18. The average molecular weight is 360 g/mol. The maximum atomic E-state index is 9.15. The Morgan fingerprint density at radius 1 is 1.22 bits per heavy atom. The fraction of sp³-hybridized carbons (Fsp3) is 0.200. The van der Waals surface area contributed by atoms with E-state index in [1.165, 1.54) is 0 Å². The monoisotopic (exact) mass is 360 g/mol. The molecule has 1 N–H and O–H groups in total. The lowest BCUT2D eigenvalue weighted by atomic mass is 10.2. The molecule has 0 unspecified atom stereocenters. The summed E-state index contributed by atoms with van der Waals surface area (Å²) in [4.78, 5) is 14.6. The van der Waals surface area contributed by atoms with Gasteiger partial charge in [-0.3, -0.25) is 4.98 Å². The summed E-state index contributed by atoms with van der Waals surface area (Å²) in [5, 5.41) is 14.4. The number of aromatic nitrogens is 3. The van der Waals surface area contributed by atoms with Crippen LogP contribution in [0.25, 0.3) is 20.5 Å². The van der Waals surface area contributed by atoms with Crippen LogP contribution in [-0.2, 0) is 0 Å². The minimum atomic E-state index is 0.677. The molecular formula is C15H12N4OS3. The molecule has 0 atom stereocenters. The van der Waals surface area contributed by atoms with Crippen molar-refractivity contribution in [1.82, 2.24) is 15.0 Å². The topological polar surface area (TPSA) is 71.3 Å². The Bertz CT molecular complexity index is 886. The van der Waals surface area contributed by atoms with Gasteiger partial charge in [-0.15, -0.1) is 34.4 Å². The number of rotatable bonds is 2. The largest absolute Gasteiger partial charge is 0.411 e. The molecule has 4 heterocycles. The van der Waals surface area contributed by atoms with Crippen LogP contribution < -0.4 is 0 Å². The first-order chi connectivity index (χ1) is 11.3. The number of thiazole rings is 2. The van der Waals surface area contributed by atoms with Gasteiger partial charge >= 0.3 is 0 Å². The van der Waals surface area contributed by atoms with Crippen molar-refractivity contribution in [1.29, 1.82) is 0 Å². The zero-order valence-electron chi connectivity index (χ0n) is 12.2. The third kappa shape index (κ3) is 2.66. The summed E-state index contributed by atoms with van der Waals surface area (Å²) in [5.74, 6) is 0.927. The number of pyridine rings is 1. The highest BCUT2D eigenvalue weighted by Crippen LogP contribution is 2.42. The van der Waals surface area contributed by atoms with Crippen LogP contribution in [0.5, 0.6) is 0 Å². The van der Waals surface area contributed by atoms with Gasteiger partial charge in [-0.1, -0.05) is 5.16 Å². The van der Waals surface area contributed by atoms with Gasteiger partial charge in [-0.25, -0.2) is 9.97 Å². The van der Waals surface area contributed by atoms with Crippen molar-refractivity contribution in [2.45, 2.75) is 17.6 Å². The first-order valence-electron chi connectivity index (χ1n) is 6.99. The second kappa shape index (κ2) is 6.03. The zero-order valence-corrected chi connectivity index (χ0v) is 14.6. The third-order valence-corrected chi connectivity index (χ3v) is 7.14. The third-order valence-electron chi connectivity index (χ3n) is 3.46. The van der Waals surface area contributed by atoms with Gasteiger partial charge in [0.1, 0.15) is 21.4 Å².